The van der Waals surface area contributed by atoms with E-state index in [0.29, 0.717) is 6.61 Å². The van der Waals surface area contributed by atoms with Gasteiger partial charge in [0.25, 0.3) is 0 Å². The number of hydrogen-bond donors (Lipinski definition) is 2. The number of benzene rings is 2. The minimum atomic E-state index is -1.16. The fourth-order valence-electron chi connectivity index (χ4n) is 4.51. The Hall–Kier alpha value is -2.82. The third-order valence-corrected chi connectivity index (χ3v) is 6.07. The summed E-state index contributed by atoms with van der Waals surface area (Å²) in [7, 11) is 0. The molecule has 5 nitrogen and oxygen atoms in total. The monoisotopic (exact) mass is 365 g/mol. The van der Waals surface area contributed by atoms with E-state index in [2.05, 4.69) is 11.4 Å². The highest BCUT2D eigenvalue weighted by molar-refractivity contribution is 5.81. The summed E-state index contributed by atoms with van der Waals surface area (Å²) in [6, 6.07) is 13.9. The second-order valence-corrected chi connectivity index (χ2v) is 7.47. The van der Waals surface area contributed by atoms with E-state index >= 15 is 0 Å². The molecule has 1 spiro atoms. The number of fused-ring (bicyclic) bond motifs is 1. The summed E-state index contributed by atoms with van der Waals surface area (Å²) in [4.78, 5) is 23.6. The Morgan fingerprint density at radius 2 is 1.85 bits per heavy atom. The van der Waals surface area contributed by atoms with Crippen molar-refractivity contribution in [2.24, 2.45) is 5.41 Å². The third-order valence-electron chi connectivity index (χ3n) is 6.07. The number of hydrogen-bond acceptors (Lipinski definition) is 3. The van der Waals surface area contributed by atoms with Crippen molar-refractivity contribution in [3.05, 3.63) is 53.6 Å². The van der Waals surface area contributed by atoms with Gasteiger partial charge in [-0.3, -0.25) is 0 Å². The summed E-state index contributed by atoms with van der Waals surface area (Å²) in [5.41, 5.74) is 2.57. The van der Waals surface area contributed by atoms with Crippen molar-refractivity contribution in [2.45, 2.75) is 38.1 Å². The summed E-state index contributed by atoms with van der Waals surface area (Å²) in [5.74, 6) is 0.834. The molecule has 0 aliphatic heterocycles. The van der Waals surface area contributed by atoms with Gasteiger partial charge in [-0.05, 0) is 67.0 Å². The molecule has 0 aromatic heterocycles. The van der Waals surface area contributed by atoms with Gasteiger partial charge < -0.3 is 20.0 Å². The fraction of sp³-hybridized carbons (Fsp3) is 0.364. The molecule has 1 fully saturated rings. The Morgan fingerprint density at radius 1 is 1.15 bits per heavy atom. The van der Waals surface area contributed by atoms with Gasteiger partial charge in [0.1, 0.15) is 11.3 Å². The summed E-state index contributed by atoms with van der Waals surface area (Å²) in [6.07, 6.45) is 3.10. The van der Waals surface area contributed by atoms with E-state index in [1.165, 1.54) is 0 Å². The molecule has 0 radical (unpaired) electrons. The first-order valence-corrected chi connectivity index (χ1v) is 9.38. The van der Waals surface area contributed by atoms with Crippen LogP contribution >= 0.6 is 0 Å². The fourth-order valence-corrected chi connectivity index (χ4v) is 4.51. The zero-order valence-electron chi connectivity index (χ0n) is 15.3. The molecule has 1 atom stereocenters. The lowest BCUT2D eigenvalue weighted by Gasteiger charge is -2.42. The zero-order chi connectivity index (χ0) is 19.1. The van der Waals surface area contributed by atoms with Crippen LogP contribution in [0.4, 0.5) is 4.79 Å². The van der Waals surface area contributed by atoms with E-state index in [9.17, 15) is 14.7 Å². The Bertz CT molecular complexity index is 886. The summed E-state index contributed by atoms with van der Waals surface area (Å²) < 4.78 is 5.49. The number of amides is 1. The average molecular weight is 365 g/mol. The van der Waals surface area contributed by atoms with Gasteiger partial charge >= 0.3 is 6.09 Å². The SMILES string of the molecule is CCOc1ccc(-c2ccc3c(c2)CCC2(CC2)[C@]3(C=O)NC(=O)O)cc1. The van der Waals surface area contributed by atoms with Crippen LogP contribution in [0.3, 0.4) is 0 Å². The number of aldehydes is 1. The summed E-state index contributed by atoms with van der Waals surface area (Å²) >= 11 is 0. The molecule has 0 heterocycles. The number of carboxylic acid groups (broad SMARTS) is 1. The van der Waals surface area contributed by atoms with Gasteiger partial charge in [0.2, 0.25) is 0 Å². The topological polar surface area (TPSA) is 75.6 Å². The van der Waals surface area contributed by atoms with Crippen LogP contribution in [0.15, 0.2) is 42.5 Å². The first kappa shape index (κ1) is 17.6. The van der Waals surface area contributed by atoms with Crippen LogP contribution in [0, 0.1) is 5.41 Å². The lowest BCUT2D eigenvalue weighted by atomic mass is 9.67. The van der Waals surface area contributed by atoms with Crippen LogP contribution in [-0.4, -0.2) is 24.1 Å². The molecule has 2 aliphatic carbocycles. The van der Waals surface area contributed by atoms with Crippen LogP contribution in [0.5, 0.6) is 5.75 Å². The quantitative estimate of drug-likeness (QED) is 0.781. The molecule has 0 saturated heterocycles. The van der Waals surface area contributed by atoms with E-state index in [1.807, 2.05) is 43.3 Å². The Balaban J connectivity index is 1.74. The molecule has 2 aromatic rings. The van der Waals surface area contributed by atoms with Crippen molar-refractivity contribution >= 4 is 12.4 Å². The number of rotatable bonds is 5. The van der Waals surface area contributed by atoms with Crippen molar-refractivity contribution < 1.29 is 19.4 Å². The standard InChI is InChI=1S/C22H23NO4/c1-2-27-18-6-3-15(4-7-18)16-5-8-19-17(13-16)9-10-21(11-12-21)22(19,14-24)23-20(25)26/h3-8,13-14,23H,2,9-12H2,1H3,(H,25,26)/t22-/m1/s1. The molecule has 5 heteroatoms. The van der Waals surface area contributed by atoms with Crippen molar-refractivity contribution in [1.29, 1.82) is 0 Å². The predicted octanol–water partition coefficient (Wildman–Crippen LogP) is 4.14. The first-order chi connectivity index (χ1) is 13.0. The highest BCUT2D eigenvalue weighted by Gasteiger charge is 2.63. The Labute approximate surface area is 158 Å². The van der Waals surface area contributed by atoms with E-state index in [0.717, 1.165) is 60.0 Å². The first-order valence-electron chi connectivity index (χ1n) is 9.38. The number of aryl methyl sites for hydroxylation is 1. The van der Waals surface area contributed by atoms with Crippen molar-refractivity contribution in [1.82, 2.24) is 5.32 Å². The Morgan fingerprint density at radius 3 is 2.44 bits per heavy atom. The smallest absolute Gasteiger partial charge is 0.405 e. The van der Waals surface area contributed by atoms with E-state index in [1.54, 1.807) is 0 Å². The molecule has 4 rings (SSSR count). The molecular formula is C22H23NO4. The highest BCUT2D eigenvalue weighted by atomic mass is 16.5. The Kier molecular flexibility index (Phi) is 4.17. The second kappa shape index (κ2) is 6.41. The highest BCUT2D eigenvalue weighted by Crippen LogP contribution is 2.63. The molecule has 2 N–H and O–H groups in total. The lowest BCUT2D eigenvalue weighted by Crippen LogP contribution is -2.55. The molecular weight excluding hydrogens is 342 g/mol. The van der Waals surface area contributed by atoms with Gasteiger partial charge in [-0.1, -0.05) is 30.3 Å². The molecule has 140 valence electrons. The van der Waals surface area contributed by atoms with Gasteiger partial charge in [0, 0.05) is 5.41 Å². The number of carbonyl (C=O) groups is 2. The van der Waals surface area contributed by atoms with Gasteiger partial charge in [-0.2, -0.15) is 0 Å². The van der Waals surface area contributed by atoms with Gasteiger partial charge in [-0.15, -0.1) is 0 Å². The van der Waals surface area contributed by atoms with Crippen molar-refractivity contribution in [3.63, 3.8) is 0 Å². The van der Waals surface area contributed by atoms with Crippen LogP contribution in [0.1, 0.15) is 37.3 Å². The lowest BCUT2D eigenvalue weighted by molar-refractivity contribution is -0.116. The van der Waals surface area contributed by atoms with Crippen molar-refractivity contribution in [3.8, 4) is 16.9 Å². The van der Waals surface area contributed by atoms with E-state index in [4.69, 9.17) is 4.74 Å². The van der Waals surface area contributed by atoms with Gasteiger partial charge in [-0.25, -0.2) is 4.79 Å². The average Bonchev–Trinajstić information content (AvgIpc) is 3.46. The second-order valence-electron chi connectivity index (χ2n) is 7.47. The van der Waals surface area contributed by atoms with Crippen LogP contribution in [0.25, 0.3) is 11.1 Å². The van der Waals surface area contributed by atoms with Crippen LogP contribution < -0.4 is 10.1 Å². The maximum Gasteiger partial charge on any atom is 0.405 e. The third kappa shape index (κ3) is 2.78. The minimum Gasteiger partial charge on any atom is -0.494 e. The van der Waals surface area contributed by atoms with E-state index < -0.39 is 11.6 Å². The molecule has 1 amide bonds. The number of carbonyl (C=O) groups excluding carboxylic acids is 1. The maximum atomic E-state index is 12.1. The normalized spacial score (nSPS) is 22.0. The number of ether oxygens (including phenoxy) is 1. The maximum absolute atomic E-state index is 12.1. The molecule has 2 aliphatic rings. The zero-order valence-corrected chi connectivity index (χ0v) is 15.3. The molecule has 2 aromatic carbocycles. The largest absolute Gasteiger partial charge is 0.494 e. The predicted molar refractivity (Wildman–Crippen MR) is 102 cm³/mol. The summed E-state index contributed by atoms with van der Waals surface area (Å²) in [5, 5.41) is 11.9. The van der Waals surface area contributed by atoms with Gasteiger partial charge in [0.15, 0.2) is 6.29 Å². The molecule has 0 bridgehead atoms. The van der Waals surface area contributed by atoms with Crippen LogP contribution in [0.2, 0.25) is 0 Å². The summed E-state index contributed by atoms with van der Waals surface area (Å²) in [6.45, 7) is 2.58. The molecule has 27 heavy (non-hydrogen) atoms. The van der Waals surface area contributed by atoms with Crippen molar-refractivity contribution in [2.75, 3.05) is 6.61 Å². The molecule has 0 unspecified atom stereocenters. The minimum absolute atomic E-state index is 0.263. The van der Waals surface area contributed by atoms with Gasteiger partial charge in [0.05, 0.1) is 6.61 Å². The van der Waals surface area contributed by atoms with Crippen LogP contribution in [-0.2, 0) is 16.8 Å². The number of nitrogens with one attached hydrogen (secondary N) is 1. The van der Waals surface area contributed by atoms with E-state index in [-0.39, 0.29) is 5.41 Å². The molecule has 1 saturated carbocycles.